The average Bonchev–Trinajstić information content (AvgIpc) is 2.61. The first-order valence-corrected chi connectivity index (χ1v) is 8.64. The summed E-state index contributed by atoms with van der Waals surface area (Å²) < 4.78 is 0. The first kappa shape index (κ1) is 15.8. The molecule has 2 aliphatic heterocycles. The van der Waals surface area contributed by atoms with Crippen molar-refractivity contribution < 1.29 is 9.59 Å². The highest BCUT2D eigenvalue weighted by molar-refractivity contribution is 6.01. The van der Waals surface area contributed by atoms with E-state index in [0.717, 1.165) is 51.9 Å². The zero-order valence-corrected chi connectivity index (χ0v) is 13.6. The number of carbonyl (C=O) groups excluding carboxylic acids is 2. The van der Waals surface area contributed by atoms with E-state index in [9.17, 15) is 9.59 Å². The average molecular weight is 315 g/mol. The SMILES string of the molecule is Nc1cc(C(=O)N2CCCCC2)cc(C(=O)N2CCCCC2)c1. The molecule has 2 amide bonds. The van der Waals surface area contributed by atoms with Gasteiger partial charge in [0.15, 0.2) is 0 Å². The Kier molecular flexibility index (Phi) is 4.84. The Labute approximate surface area is 137 Å². The molecule has 124 valence electrons. The molecule has 2 N–H and O–H groups in total. The van der Waals surface area contributed by atoms with Gasteiger partial charge < -0.3 is 15.5 Å². The van der Waals surface area contributed by atoms with Crippen molar-refractivity contribution in [3.05, 3.63) is 29.3 Å². The van der Waals surface area contributed by atoms with E-state index in [2.05, 4.69) is 0 Å². The molecule has 2 aliphatic rings. The number of benzene rings is 1. The molecule has 0 radical (unpaired) electrons. The molecule has 0 atom stereocenters. The number of rotatable bonds is 2. The summed E-state index contributed by atoms with van der Waals surface area (Å²) in [6.07, 6.45) is 6.56. The summed E-state index contributed by atoms with van der Waals surface area (Å²) in [7, 11) is 0. The van der Waals surface area contributed by atoms with Crippen molar-refractivity contribution in [2.75, 3.05) is 31.9 Å². The van der Waals surface area contributed by atoms with Crippen LogP contribution in [-0.4, -0.2) is 47.8 Å². The normalized spacial score (nSPS) is 18.8. The summed E-state index contributed by atoms with van der Waals surface area (Å²) in [5, 5.41) is 0. The number of hydrogen-bond donors (Lipinski definition) is 1. The van der Waals surface area contributed by atoms with Crippen LogP contribution in [0.5, 0.6) is 0 Å². The number of piperidine rings is 2. The Balaban J connectivity index is 1.80. The highest BCUT2D eigenvalue weighted by atomic mass is 16.2. The van der Waals surface area contributed by atoms with Crippen LogP contribution in [0.1, 0.15) is 59.2 Å². The van der Waals surface area contributed by atoms with Crippen LogP contribution in [-0.2, 0) is 0 Å². The second-order valence-corrected chi connectivity index (χ2v) is 6.55. The van der Waals surface area contributed by atoms with Gasteiger partial charge in [0.1, 0.15) is 0 Å². The molecule has 0 bridgehead atoms. The second kappa shape index (κ2) is 7.02. The smallest absolute Gasteiger partial charge is 0.253 e. The van der Waals surface area contributed by atoms with Crippen molar-refractivity contribution in [3.8, 4) is 0 Å². The minimum absolute atomic E-state index is 0.00954. The van der Waals surface area contributed by atoms with Crippen molar-refractivity contribution in [3.63, 3.8) is 0 Å². The maximum absolute atomic E-state index is 12.6. The van der Waals surface area contributed by atoms with Gasteiger partial charge in [0.25, 0.3) is 11.8 Å². The van der Waals surface area contributed by atoms with Gasteiger partial charge in [-0.15, -0.1) is 0 Å². The second-order valence-electron chi connectivity index (χ2n) is 6.55. The third-order valence-electron chi connectivity index (χ3n) is 4.74. The first-order valence-electron chi connectivity index (χ1n) is 8.64. The number of anilines is 1. The number of nitrogens with two attached hydrogens (primary N) is 1. The van der Waals surface area contributed by atoms with Crippen LogP contribution in [0, 0.1) is 0 Å². The zero-order valence-electron chi connectivity index (χ0n) is 13.6. The van der Waals surface area contributed by atoms with E-state index < -0.39 is 0 Å². The summed E-state index contributed by atoms with van der Waals surface area (Å²) >= 11 is 0. The van der Waals surface area contributed by atoms with Gasteiger partial charge in [-0.1, -0.05) is 0 Å². The Morgan fingerprint density at radius 2 is 1.09 bits per heavy atom. The fourth-order valence-corrected chi connectivity index (χ4v) is 3.46. The van der Waals surface area contributed by atoms with E-state index in [1.165, 1.54) is 12.8 Å². The lowest BCUT2D eigenvalue weighted by Gasteiger charge is -2.28. The number of nitrogen functional groups attached to an aromatic ring is 1. The quantitative estimate of drug-likeness (QED) is 0.853. The van der Waals surface area contributed by atoms with E-state index in [1.807, 2.05) is 9.80 Å². The van der Waals surface area contributed by atoms with E-state index in [4.69, 9.17) is 5.73 Å². The van der Waals surface area contributed by atoms with Gasteiger partial charge in [0, 0.05) is 43.0 Å². The van der Waals surface area contributed by atoms with Gasteiger partial charge >= 0.3 is 0 Å². The number of amides is 2. The first-order chi connectivity index (χ1) is 11.1. The van der Waals surface area contributed by atoms with Crippen LogP contribution in [0.25, 0.3) is 0 Å². The van der Waals surface area contributed by atoms with E-state index in [-0.39, 0.29) is 11.8 Å². The Morgan fingerprint density at radius 3 is 1.48 bits per heavy atom. The monoisotopic (exact) mass is 315 g/mol. The van der Waals surface area contributed by atoms with Crippen LogP contribution in [0.4, 0.5) is 5.69 Å². The minimum atomic E-state index is -0.00954. The Hall–Kier alpha value is -2.04. The molecule has 3 rings (SSSR count). The standard InChI is InChI=1S/C18H25N3O2/c19-16-12-14(17(22)20-7-3-1-4-8-20)11-15(13-16)18(23)21-9-5-2-6-10-21/h11-13H,1-10,19H2. The van der Waals surface area contributed by atoms with Crippen molar-refractivity contribution in [1.29, 1.82) is 0 Å². The number of nitrogens with zero attached hydrogens (tertiary/aromatic N) is 2. The lowest BCUT2D eigenvalue weighted by atomic mass is 10.0. The lowest BCUT2D eigenvalue weighted by Crippen LogP contribution is -2.37. The largest absolute Gasteiger partial charge is 0.399 e. The van der Waals surface area contributed by atoms with Gasteiger partial charge in [-0.05, 0) is 56.7 Å². The summed E-state index contributed by atoms with van der Waals surface area (Å²) in [5.74, 6) is -0.0191. The van der Waals surface area contributed by atoms with Gasteiger partial charge in [0.2, 0.25) is 0 Å². The third-order valence-corrected chi connectivity index (χ3v) is 4.74. The van der Waals surface area contributed by atoms with E-state index in [0.29, 0.717) is 16.8 Å². The molecule has 1 aromatic rings. The molecular weight excluding hydrogens is 290 g/mol. The maximum Gasteiger partial charge on any atom is 0.253 e. The van der Waals surface area contributed by atoms with Crippen LogP contribution in [0.3, 0.4) is 0 Å². The molecule has 2 heterocycles. The molecule has 2 saturated heterocycles. The molecule has 0 spiro atoms. The maximum atomic E-state index is 12.6. The highest BCUT2D eigenvalue weighted by Crippen LogP contribution is 2.20. The minimum Gasteiger partial charge on any atom is -0.399 e. The van der Waals surface area contributed by atoms with Gasteiger partial charge in [0.05, 0.1) is 0 Å². The Morgan fingerprint density at radius 1 is 0.696 bits per heavy atom. The molecule has 0 aromatic heterocycles. The van der Waals surface area contributed by atoms with Crippen LogP contribution in [0.2, 0.25) is 0 Å². The number of likely N-dealkylation sites (tertiary alicyclic amines) is 2. The van der Waals surface area contributed by atoms with Crippen molar-refractivity contribution in [2.24, 2.45) is 0 Å². The lowest BCUT2D eigenvalue weighted by molar-refractivity contribution is 0.0722. The molecule has 5 nitrogen and oxygen atoms in total. The highest BCUT2D eigenvalue weighted by Gasteiger charge is 2.22. The fraction of sp³-hybridized carbons (Fsp3) is 0.556. The zero-order chi connectivity index (χ0) is 16.2. The third kappa shape index (κ3) is 3.66. The van der Waals surface area contributed by atoms with Crippen LogP contribution >= 0.6 is 0 Å². The summed E-state index contributed by atoms with van der Waals surface area (Å²) in [5.41, 5.74) is 7.50. The van der Waals surface area contributed by atoms with Gasteiger partial charge in [-0.2, -0.15) is 0 Å². The van der Waals surface area contributed by atoms with E-state index in [1.54, 1.807) is 18.2 Å². The molecule has 23 heavy (non-hydrogen) atoms. The molecule has 0 saturated carbocycles. The van der Waals surface area contributed by atoms with Gasteiger partial charge in [-0.25, -0.2) is 0 Å². The Bertz CT molecular complexity index is 540. The number of hydrogen-bond acceptors (Lipinski definition) is 3. The van der Waals surface area contributed by atoms with Crippen molar-refractivity contribution >= 4 is 17.5 Å². The van der Waals surface area contributed by atoms with Crippen molar-refractivity contribution in [1.82, 2.24) is 9.80 Å². The molecule has 0 unspecified atom stereocenters. The topological polar surface area (TPSA) is 66.6 Å². The molecule has 1 aromatic carbocycles. The summed E-state index contributed by atoms with van der Waals surface area (Å²) in [6, 6.07) is 5.08. The van der Waals surface area contributed by atoms with E-state index >= 15 is 0 Å². The molecule has 2 fully saturated rings. The fourth-order valence-electron chi connectivity index (χ4n) is 3.46. The van der Waals surface area contributed by atoms with Crippen LogP contribution < -0.4 is 5.73 Å². The predicted molar refractivity (Wildman–Crippen MR) is 90.4 cm³/mol. The van der Waals surface area contributed by atoms with Crippen molar-refractivity contribution in [2.45, 2.75) is 38.5 Å². The molecule has 5 heteroatoms. The van der Waals surface area contributed by atoms with Crippen LogP contribution in [0.15, 0.2) is 18.2 Å². The summed E-state index contributed by atoms with van der Waals surface area (Å²) in [4.78, 5) is 29.0. The summed E-state index contributed by atoms with van der Waals surface area (Å²) in [6.45, 7) is 3.18. The molecular formula is C18H25N3O2. The molecule has 0 aliphatic carbocycles. The van der Waals surface area contributed by atoms with Gasteiger partial charge in [-0.3, -0.25) is 9.59 Å². The number of carbonyl (C=O) groups is 2. The predicted octanol–water partition coefficient (Wildman–Crippen LogP) is 2.52.